The molecule has 0 unspecified atom stereocenters. The molecular weight excluding hydrogens is 147 g/mol. The number of thiophene rings is 1. The van der Waals surface area contributed by atoms with E-state index in [2.05, 4.69) is 0 Å². The van der Waals surface area contributed by atoms with Gasteiger partial charge in [-0.2, -0.15) is 4.39 Å². The van der Waals surface area contributed by atoms with Crippen LogP contribution in [0.15, 0.2) is 12.1 Å². The van der Waals surface area contributed by atoms with Gasteiger partial charge in [0, 0.05) is 4.88 Å². The third kappa shape index (κ3) is 2.97. The van der Waals surface area contributed by atoms with E-state index in [1.165, 1.54) is 17.4 Å². The molecule has 0 amide bonds. The van der Waals surface area contributed by atoms with E-state index in [1.807, 2.05) is 26.8 Å². The topological polar surface area (TPSA) is 0 Å². The van der Waals surface area contributed by atoms with E-state index in [1.54, 1.807) is 0 Å². The largest absolute Gasteiger partial charge is 0.195 e. The average Bonchev–Trinajstić information content (AvgIpc) is 2.40. The Bertz CT molecular complexity index is 170. The van der Waals surface area contributed by atoms with E-state index in [0.717, 1.165) is 11.3 Å². The molecule has 0 nitrogen and oxygen atoms in total. The molecule has 1 rings (SSSR count). The van der Waals surface area contributed by atoms with E-state index in [9.17, 15) is 4.39 Å². The molecule has 0 atom stereocenters. The van der Waals surface area contributed by atoms with Crippen LogP contribution >= 0.6 is 11.3 Å². The lowest BCUT2D eigenvalue weighted by Gasteiger charge is -1.79. The predicted octanol–water partition coefficient (Wildman–Crippen LogP) is 3.48. The summed E-state index contributed by atoms with van der Waals surface area (Å²) in [7, 11) is 0. The summed E-state index contributed by atoms with van der Waals surface area (Å²) in [6, 6.07) is 3.32. The lowest BCUT2D eigenvalue weighted by molar-refractivity contribution is 0.657. The molecule has 1 heterocycles. The maximum atomic E-state index is 12.1. The summed E-state index contributed by atoms with van der Waals surface area (Å²) >= 11 is 1.22. The second-order valence-electron chi connectivity index (χ2n) is 1.56. The Morgan fingerprint density at radius 3 is 2.20 bits per heavy atom. The van der Waals surface area contributed by atoms with Gasteiger partial charge in [0.05, 0.1) is 0 Å². The van der Waals surface area contributed by atoms with Gasteiger partial charge in [0.1, 0.15) is 0 Å². The third-order valence-corrected chi connectivity index (χ3v) is 2.00. The first kappa shape index (κ1) is 9.63. The zero-order valence-corrected chi connectivity index (χ0v) is 7.46. The second kappa shape index (κ2) is 5.42. The Morgan fingerprint density at radius 1 is 1.40 bits per heavy atom. The summed E-state index contributed by atoms with van der Waals surface area (Å²) in [4.78, 5) is 1.11. The molecule has 0 bridgehead atoms. The van der Waals surface area contributed by atoms with E-state index >= 15 is 0 Å². The number of rotatable bonds is 1. The lowest BCUT2D eigenvalue weighted by Crippen LogP contribution is -1.63. The average molecular weight is 160 g/mol. The van der Waals surface area contributed by atoms with Gasteiger partial charge < -0.3 is 0 Å². The molecule has 2 heteroatoms. The molecule has 0 aliphatic heterocycles. The highest BCUT2D eigenvalue weighted by Gasteiger charge is 1.92. The van der Waals surface area contributed by atoms with Crippen LogP contribution in [0, 0.1) is 5.13 Å². The van der Waals surface area contributed by atoms with Crippen LogP contribution in [-0.4, -0.2) is 0 Å². The zero-order chi connectivity index (χ0) is 7.98. The summed E-state index contributed by atoms with van der Waals surface area (Å²) in [5.41, 5.74) is 0. The number of hydrogen-bond donors (Lipinski definition) is 0. The summed E-state index contributed by atoms with van der Waals surface area (Å²) in [6.45, 7) is 6.02. The highest BCUT2D eigenvalue weighted by Crippen LogP contribution is 2.13. The standard InChI is InChI=1S/C6H7FS.C2H6/c1-2-5-3-4-6(7)8-5;1-2/h3-4H,2H2,1H3;1-2H3. The van der Waals surface area contributed by atoms with Crippen molar-refractivity contribution in [2.45, 2.75) is 27.2 Å². The fourth-order valence-electron chi connectivity index (χ4n) is 0.542. The Labute approximate surface area is 65.7 Å². The molecule has 0 spiro atoms. The quantitative estimate of drug-likeness (QED) is 0.590. The number of halogens is 1. The van der Waals surface area contributed by atoms with Crippen molar-refractivity contribution in [2.24, 2.45) is 0 Å². The van der Waals surface area contributed by atoms with Crippen molar-refractivity contribution in [2.75, 3.05) is 0 Å². The normalized spacial score (nSPS) is 8.40. The van der Waals surface area contributed by atoms with Crippen molar-refractivity contribution in [3.63, 3.8) is 0 Å². The minimum Gasteiger partial charge on any atom is -0.195 e. The molecule has 0 aromatic carbocycles. The summed E-state index contributed by atoms with van der Waals surface area (Å²) < 4.78 is 12.1. The highest BCUT2D eigenvalue weighted by molar-refractivity contribution is 7.10. The van der Waals surface area contributed by atoms with Crippen LogP contribution in [-0.2, 0) is 6.42 Å². The van der Waals surface area contributed by atoms with Crippen molar-refractivity contribution in [3.05, 3.63) is 22.1 Å². The van der Waals surface area contributed by atoms with Crippen molar-refractivity contribution >= 4 is 11.3 Å². The van der Waals surface area contributed by atoms with Gasteiger partial charge in [-0.25, -0.2) is 0 Å². The van der Waals surface area contributed by atoms with Crippen LogP contribution in [0.5, 0.6) is 0 Å². The lowest BCUT2D eigenvalue weighted by atomic mass is 10.4. The number of hydrogen-bond acceptors (Lipinski definition) is 1. The highest BCUT2D eigenvalue weighted by atomic mass is 32.1. The van der Waals surface area contributed by atoms with Crippen LogP contribution in [0.1, 0.15) is 25.6 Å². The van der Waals surface area contributed by atoms with E-state index in [0.29, 0.717) is 0 Å². The minimum absolute atomic E-state index is 0.0816. The van der Waals surface area contributed by atoms with Gasteiger partial charge in [-0.05, 0) is 18.6 Å². The summed E-state index contributed by atoms with van der Waals surface area (Å²) in [6.07, 6.45) is 0.939. The molecule has 0 saturated heterocycles. The molecule has 1 aromatic heterocycles. The predicted molar refractivity (Wildman–Crippen MR) is 45.0 cm³/mol. The molecule has 0 fully saturated rings. The zero-order valence-electron chi connectivity index (χ0n) is 6.65. The van der Waals surface area contributed by atoms with Crippen molar-refractivity contribution < 1.29 is 4.39 Å². The molecule has 0 N–H and O–H groups in total. The van der Waals surface area contributed by atoms with Crippen molar-refractivity contribution in [1.29, 1.82) is 0 Å². The Hall–Kier alpha value is -0.370. The van der Waals surface area contributed by atoms with Gasteiger partial charge >= 0.3 is 0 Å². The van der Waals surface area contributed by atoms with Gasteiger partial charge in [-0.1, -0.05) is 20.8 Å². The van der Waals surface area contributed by atoms with Crippen LogP contribution in [0.4, 0.5) is 4.39 Å². The van der Waals surface area contributed by atoms with Gasteiger partial charge in [0.2, 0.25) is 0 Å². The molecule has 0 radical (unpaired) electrons. The van der Waals surface area contributed by atoms with Crippen molar-refractivity contribution in [3.8, 4) is 0 Å². The summed E-state index contributed by atoms with van der Waals surface area (Å²) in [5.74, 6) is 0. The van der Waals surface area contributed by atoms with E-state index < -0.39 is 0 Å². The molecule has 1 aromatic rings. The second-order valence-corrected chi connectivity index (χ2v) is 2.68. The Kier molecular flexibility index (Phi) is 5.22. The maximum absolute atomic E-state index is 12.1. The number of aryl methyl sites for hydroxylation is 1. The van der Waals surface area contributed by atoms with Crippen LogP contribution in [0.3, 0.4) is 0 Å². The molecular formula is C8H13FS. The SMILES string of the molecule is CC.CCc1ccc(F)s1. The first-order valence-electron chi connectivity index (χ1n) is 3.57. The first-order valence-corrected chi connectivity index (χ1v) is 4.39. The van der Waals surface area contributed by atoms with Crippen LogP contribution in [0.2, 0.25) is 0 Å². The van der Waals surface area contributed by atoms with Crippen molar-refractivity contribution in [1.82, 2.24) is 0 Å². The van der Waals surface area contributed by atoms with E-state index in [-0.39, 0.29) is 5.13 Å². The van der Waals surface area contributed by atoms with Gasteiger partial charge in [0.25, 0.3) is 0 Å². The molecule has 0 aliphatic carbocycles. The first-order chi connectivity index (χ1) is 4.83. The van der Waals surface area contributed by atoms with Crippen LogP contribution in [0.25, 0.3) is 0 Å². The molecule has 58 valence electrons. The Morgan fingerprint density at radius 2 is 2.00 bits per heavy atom. The third-order valence-electron chi connectivity index (χ3n) is 0.977. The van der Waals surface area contributed by atoms with Gasteiger partial charge in [-0.3, -0.25) is 0 Å². The molecule has 10 heavy (non-hydrogen) atoms. The maximum Gasteiger partial charge on any atom is 0.176 e. The molecule has 0 saturated carbocycles. The summed E-state index contributed by atoms with van der Waals surface area (Å²) in [5, 5.41) is -0.0816. The van der Waals surface area contributed by atoms with E-state index in [4.69, 9.17) is 0 Å². The monoisotopic (exact) mass is 160 g/mol. The Balaban J connectivity index is 0.000000371. The fourth-order valence-corrected chi connectivity index (χ4v) is 1.21. The van der Waals surface area contributed by atoms with Gasteiger partial charge in [0.15, 0.2) is 5.13 Å². The smallest absolute Gasteiger partial charge is 0.176 e. The fraction of sp³-hybridized carbons (Fsp3) is 0.500. The van der Waals surface area contributed by atoms with Gasteiger partial charge in [-0.15, -0.1) is 11.3 Å². The minimum atomic E-state index is -0.0816. The molecule has 0 aliphatic rings. The van der Waals surface area contributed by atoms with Crippen LogP contribution < -0.4 is 0 Å².